The number of amides is 1. The Morgan fingerprint density at radius 2 is 2.19 bits per heavy atom. The molecule has 0 fully saturated rings. The van der Waals surface area contributed by atoms with E-state index in [1.54, 1.807) is 0 Å². The first-order chi connectivity index (χ1) is 13.1. The largest absolute Gasteiger partial charge is 0.361 e. The van der Waals surface area contributed by atoms with Gasteiger partial charge in [-0.15, -0.1) is 0 Å². The molecular weight excluding hydrogens is 336 g/mol. The summed E-state index contributed by atoms with van der Waals surface area (Å²) in [6, 6.07) is 6.44. The summed E-state index contributed by atoms with van der Waals surface area (Å²) >= 11 is 0. The number of aryl methyl sites for hydroxylation is 3. The lowest BCUT2D eigenvalue weighted by atomic mass is 9.98. The van der Waals surface area contributed by atoms with Gasteiger partial charge in [0.25, 0.3) is 0 Å². The summed E-state index contributed by atoms with van der Waals surface area (Å²) in [5, 5.41) is 8.88. The average Bonchev–Trinajstić information content (AvgIpc) is 3.25. The number of H-pyrrole nitrogens is 1. The standard InChI is InChI=1S/C22H28N4O/c1-15-6-5-8-19-18(13-23-22(15)19)12-16(2)25-21(27)10-11-26-20-9-4-3-7-17(20)14-24-26/h5-6,8,13-14,16,23H,3-4,7,9-12H2,1-2H3,(H,25,27)/t16-/m1/s1. The molecule has 1 atom stereocenters. The van der Waals surface area contributed by atoms with Gasteiger partial charge >= 0.3 is 0 Å². The summed E-state index contributed by atoms with van der Waals surface area (Å²) in [6.45, 7) is 4.85. The van der Waals surface area contributed by atoms with Crippen LogP contribution in [0, 0.1) is 6.92 Å². The lowest BCUT2D eigenvalue weighted by Gasteiger charge is -2.16. The maximum absolute atomic E-state index is 12.4. The minimum atomic E-state index is 0.0959. The predicted octanol–water partition coefficient (Wildman–Crippen LogP) is 3.69. The molecule has 2 heterocycles. The number of rotatable bonds is 6. The van der Waals surface area contributed by atoms with Crippen molar-refractivity contribution in [1.29, 1.82) is 0 Å². The number of hydrogen-bond donors (Lipinski definition) is 2. The Morgan fingerprint density at radius 1 is 1.33 bits per heavy atom. The quantitative estimate of drug-likeness (QED) is 0.701. The zero-order valence-corrected chi connectivity index (χ0v) is 16.2. The minimum absolute atomic E-state index is 0.0959. The van der Waals surface area contributed by atoms with E-state index in [0.717, 1.165) is 19.3 Å². The summed E-state index contributed by atoms with van der Waals surface area (Å²) in [6.07, 6.45) is 10.0. The Balaban J connectivity index is 1.32. The van der Waals surface area contributed by atoms with Crippen LogP contribution in [0.15, 0.2) is 30.6 Å². The van der Waals surface area contributed by atoms with Crippen molar-refractivity contribution in [3.05, 3.63) is 53.0 Å². The Kier molecular flexibility index (Phi) is 5.01. The minimum Gasteiger partial charge on any atom is -0.361 e. The van der Waals surface area contributed by atoms with Crippen LogP contribution in [-0.2, 0) is 30.6 Å². The zero-order chi connectivity index (χ0) is 18.8. The fourth-order valence-electron chi connectivity index (χ4n) is 4.22. The molecule has 4 rings (SSSR count). The van der Waals surface area contributed by atoms with Crippen LogP contribution in [0.5, 0.6) is 0 Å². The number of aromatic amines is 1. The van der Waals surface area contributed by atoms with E-state index >= 15 is 0 Å². The first-order valence-corrected chi connectivity index (χ1v) is 10.0. The molecule has 0 bridgehead atoms. The molecule has 0 aliphatic heterocycles. The summed E-state index contributed by atoms with van der Waals surface area (Å²) in [7, 11) is 0. The molecule has 2 aromatic heterocycles. The second kappa shape index (κ2) is 7.59. The van der Waals surface area contributed by atoms with Crippen LogP contribution in [0.2, 0.25) is 0 Å². The highest BCUT2D eigenvalue weighted by atomic mass is 16.1. The van der Waals surface area contributed by atoms with Crippen LogP contribution in [0.4, 0.5) is 0 Å². The number of benzene rings is 1. The fourth-order valence-corrected chi connectivity index (χ4v) is 4.22. The number of carbonyl (C=O) groups excluding carboxylic acids is 1. The Labute approximate surface area is 160 Å². The summed E-state index contributed by atoms with van der Waals surface area (Å²) in [5.41, 5.74) is 6.39. The molecule has 0 unspecified atom stereocenters. The second-order valence-electron chi connectivity index (χ2n) is 7.78. The van der Waals surface area contributed by atoms with Gasteiger partial charge in [0.05, 0.1) is 6.20 Å². The lowest BCUT2D eigenvalue weighted by Crippen LogP contribution is -2.34. The first-order valence-electron chi connectivity index (χ1n) is 10.0. The van der Waals surface area contributed by atoms with Crippen molar-refractivity contribution >= 4 is 16.8 Å². The van der Waals surface area contributed by atoms with Gasteiger partial charge < -0.3 is 10.3 Å². The molecule has 27 heavy (non-hydrogen) atoms. The highest BCUT2D eigenvalue weighted by molar-refractivity contribution is 5.86. The Morgan fingerprint density at radius 3 is 3.07 bits per heavy atom. The average molecular weight is 364 g/mol. The van der Waals surface area contributed by atoms with Gasteiger partial charge in [-0.25, -0.2) is 0 Å². The number of carbonyl (C=O) groups is 1. The fraction of sp³-hybridized carbons (Fsp3) is 0.455. The summed E-state index contributed by atoms with van der Waals surface area (Å²) in [5.74, 6) is 0.0959. The third kappa shape index (κ3) is 3.77. The highest BCUT2D eigenvalue weighted by Gasteiger charge is 2.16. The van der Waals surface area contributed by atoms with Gasteiger partial charge in [-0.3, -0.25) is 9.48 Å². The van der Waals surface area contributed by atoms with Gasteiger partial charge in [0, 0.05) is 41.8 Å². The molecule has 1 aliphatic rings. The topological polar surface area (TPSA) is 62.7 Å². The van der Waals surface area contributed by atoms with Gasteiger partial charge in [0.2, 0.25) is 5.91 Å². The lowest BCUT2D eigenvalue weighted by molar-refractivity contribution is -0.121. The van der Waals surface area contributed by atoms with E-state index in [4.69, 9.17) is 0 Å². The van der Waals surface area contributed by atoms with Crippen LogP contribution in [0.3, 0.4) is 0 Å². The molecular formula is C22H28N4O. The highest BCUT2D eigenvalue weighted by Crippen LogP contribution is 2.23. The molecule has 2 N–H and O–H groups in total. The van der Waals surface area contributed by atoms with Crippen LogP contribution in [0.1, 0.15) is 48.6 Å². The zero-order valence-electron chi connectivity index (χ0n) is 16.2. The van der Waals surface area contributed by atoms with Crippen molar-refractivity contribution in [3.63, 3.8) is 0 Å². The van der Waals surface area contributed by atoms with E-state index in [-0.39, 0.29) is 11.9 Å². The third-order valence-electron chi connectivity index (χ3n) is 5.64. The van der Waals surface area contributed by atoms with E-state index in [1.807, 2.05) is 10.9 Å². The van der Waals surface area contributed by atoms with Crippen LogP contribution < -0.4 is 5.32 Å². The number of para-hydroxylation sites is 1. The number of fused-ring (bicyclic) bond motifs is 2. The van der Waals surface area contributed by atoms with Crippen molar-refractivity contribution in [2.24, 2.45) is 0 Å². The summed E-state index contributed by atoms with van der Waals surface area (Å²) in [4.78, 5) is 15.8. The molecule has 142 valence electrons. The van der Waals surface area contributed by atoms with Crippen LogP contribution >= 0.6 is 0 Å². The van der Waals surface area contributed by atoms with E-state index in [0.29, 0.717) is 13.0 Å². The molecule has 0 radical (unpaired) electrons. The Bertz CT molecular complexity index is 953. The molecule has 0 spiro atoms. The SMILES string of the molecule is Cc1cccc2c(C[C@@H](C)NC(=O)CCn3ncc4c3CCCC4)c[nH]c12. The predicted molar refractivity (Wildman–Crippen MR) is 108 cm³/mol. The molecule has 3 aromatic rings. The normalized spacial score (nSPS) is 14.9. The van der Waals surface area contributed by atoms with Gasteiger partial charge in [-0.2, -0.15) is 5.10 Å². The maximum atomic E-state index is 12.4. The third-order valence-corrected chi connectivity index (χ3v) is 5.64. The second-order valence-corrected chi connectivity index (χ2v) is 7.78. The monoisotopic (exact) mass is 364 g/mol. The van der Waals surface area contributed by atoms with Crippen molar-refractivity contribution in [3.8, 4) is 0 Å². The molecule has 5 heteroatoms. The smallest absolute Gasteiger partial charge is 0.222 e. The van der Waals surface area contributed by atoms with E-state index in [9.17, 15) is 4.79 Å². The van der Waals surface area contributed by atoms with Gasteiger partial charge in [0.1, 0.15) is 0 Å². The maximum Gasteiger partial charge on any atom is 0.222 e. The van der Waals surface area contributed by atoms with E-state index < -0.39 is 0 Å². The van der Waals surface area contributed by atoms with Crippen LogP contribution in [-0.4, -0.2) is 26.7 Å². The van der Waals surface area contributed by atoms with E-state index in [2.05, 4.69) is 53.6 Å². The molecule has 1 amide bonds. The van der Waals surface area contributed by atoms with Crippen molar-refractivity contribution in [2.45, 2.75) is 65.0 Å². The van der Waals surface area contributed by atoms with Gasteiger partial charge in [0.15, 0.2) is 0 Å². The number of nitrogens with zero attached hydrogens (tertiary/aromatic N) is 2. The number of nitrogens with one attached hydrogen (secondary N) is 2. The molecule has 1 aliphatic carbocycles. The Hall–Kier alpha value is -2.56. The van der Waals surface area contributed by atoms with Crippen molar-refractivity contribution < 1.29 is 4.79 Å². The molecule has 5 nitrogen and oxygen atoms in total. The molecule has 0 saturated carbocycles. The van der Waals surface area contributed by atoms with Gasteiger partial charge in [-0.1, -0.05) is 18.2 Å². The molecule has 1 aromatic carbocycles. The first kappa shape index (κ1) is 17.8. The summed E-state index contributed by atoms with van der Waals surface area (Å²) < 4.78 is 2.03. The molecule has 0 saturated heterocycles. The number of aromatic nitrogens is 3. The van der Waals surface area contributed by atoms with Gasteiger partial charge in [-0.05, 0) is 62.6 Å². The van der Waals surface area contributed by atoms with Crippen LogP contribution in [0.25, 0.3) is 10.9 Å². The number of hydrogen-bond acceptors (Lipinski definition) is 2. The van der Waals surface area contributed by atoms with E-state index in [1.165, 1.54) is 46.1 Å². The van der Waals surface area contributed by atoms with Crippen molar-refractivity contribution in [2.75, 3.05) is 0 Å². The van der Waals surface area contributed by atoms with Crippen molar-refractivity contribution in [1.82, 2.24) is 20.1 Å².